The van der Waals surface area contributed by atoms with Gasteiger partial charge in [-0.3, -0.25) is 0 Å². The molecule has 104 valence electrons. The Balaban J connectivity index is 1.95. The van der Waals surface area contributed by atoms with Crippen LogP contribution in [0, 0.1) is 0 Å². The van der Waals surface area contributed by atoms with E-state index in [0.29, 0.717) is 6.04 Å². The molecule has 3 heteroatoms. The Morgan fingerprint density at radius 3 is 2.90 bits per heavy atom. The van der Waals surface area contributed by atoms with Crippen LogP contribution in [-0.2, 0) is 12.8 Å². The first-order valence-corrected chi connectivity index (χ1v) is 8.17. The normalized spacial score (nSPS) is 17.4. The molecule has 1 aliphatic rings. The van der Waals surface area contributed by atoms with Gasteiger partial charge < -0.3 is 5.32 Å². The second kappa shape index (κ2) is 5.79. The third-order valence-corrected chi connectivity index (χ3v) is 4.61. The quantitative estimate of drug-likeness (QED) is 0.725. The van der Waals surface area contributed by atoms with Crippen molar-refractivity contribution in [1.29, 1.82) is 0 Å². The zero-order valence-electron chi connectivity index (χ0n) is 11.4. The highest BCUT2D eigenvalue weighted by atomic mass is 79.9. The zero-order valence-corrected chi connectivity index (χ0v) is 13.8. The van der Waals surface area contributed by atoms with Crippen LogP contribution in [0.25, 0.3) is 0 Å². The number of hydrogen-bond acceptors (Lipinski definition) is 1. The molecule has 1 N–H and O–H groups in total. The first-order chi connectivity index (χ1) is 9.67. The molecule has 0 aliphatic carbocycles. The Kier molecular flexibility index (Phi) is 4.04. The molecule has 2 aromatic rings. The molecule has 1 unspecified atom stereocenters. The van der Waals surface area contributed by atoms with Crippen molar-refractivity contribution < 1.29 is 0 Å². The molecule has 0 amide bonds. The summed E-state index contributed by atoms with van der Waals surface area (Å²) < 4.78 is 1.18. The van der Waals surface area contributed by atoms with E-state index in [1.807, 2.05) is 12.1 Å². The van der Waals surface area contributed by atoms with Gasteiger partial charge in [-0.15, -0.1) is 0 Å². The number of hydrogen-bond donors (Lipinski definition) is 1. The van der Waals surface area contributed by atoms with Gasteiger partial charge in [0.2, 0.25) is 0 Å². The van der Waals surface area contributed by atoms with Crippen molar-refractivity contribution in [3.05, 3.63) is 62.6 Å². The van der Waals surface area contributed by atoms with Crippen molar-refractivity contribution >= 4 is 33.2 Å². The van der Waals surface area contributed by atoms with E-state index < -0.39 is 0 Å². The summed E-state index contributed by atoms with van der Waals surface area (Å²) >= 11 is 9.72. The van der Waals surface area contributed by atoms with Gasteiger partial charge in [0.15, 0.2) is 0 Å². The third kappa shape index (κ3) is 2.72. The maximum Gasteiger partial charge on any atom is 0.0517 e. The van der Waals surface area contributed by atoms with Crippen LogP contribution in [0.15, 0.2) is 40.9 Å². The number of halogens is 2. The smallest absolute Gasteiger partial charge is 0.0517 e. The van der Waals surface area contributed by atoms with Crippen LogP contribution in [0.3, 0.4) is 0 Å². The molecule has 3 rings (SSSR count). The lowest BCUT2D eigenvalue weighted by Crippen LogP contribution is -2.19. The maximum absolute atomic E-state index is 6.11. The third-order valence-electron chi connectivity index (χ3n) is 3.92. The summed E-state index contributed by atoms with van der Waals surface area (Å²) in [4.78, 5) is 0. The lowest BCUT2D eigenvalue weighted by atomic mass is 9.91. The van der Waals surface area contributed by atoms with E-state index in [9.17, 15) is 0 Å². The fourth-order valence-corrected chi connectivity index (χ4v) is 3.66. The van der Waals surface area contributed by atoms with Crippen molar-refractivity contribution in [2.24, 2.45) is 0 Å². The summed E-state index contributed by atoms with van der Waals surface area (Å²) in [5.41, 5.74) is 5.37. The summed E-state index contributed by atoms with van der Waals surface area (Å²) in [5.74, 6) is 0. The monoisotopic (exact) mass is 349 g/mol. The molecular formula is C17H17BrClN. The van der Waals surface area contributed by atoms with Crippen LogP contribution in [-0.4, -0.2) is 0 Å². The van der Waals surface area contributed by atoms with E-state index in [2.05, 4.69) is 52.4 Å². The minimum Gasteiger partial charge on any atom is -0.378 e. The fourth-order valence-electron chi connectivity index (χ4n) is 2.91. The number of nitrogens with one attached hydrogen (secondary N) is 1. The molecule has 1 heterocycles. The Morgan fingerprint density at radius 2 is 2.15 bits per heavy atom. The molecule has 1 atom stereocenters. The molecule has 0 bridgehead atoms. The van der Waals surface area contributed by atoms with E-state index in [4.69, 9.17) is 11.6 Å². The lowest BCUT2D eigenvalue weighted by molar-refractivity contribution is 0.665. The van der Waals surface area contributed by atoms with Gasteiger partial charge in [0.25, 0.3) is 0 Å². The number of aryl methyl sites for hydroxylation is 2. The molecule has 1 aliphatic heterocycles. The van der Waals surface area contributed by atoms with Crippen LogP contribution < -0.4 is 5.32 Å². The van der Waals surface area contributed by atoms with Crippen LogP contribution in [0.2, 0.25) is 5.02 Å². The summed E-state index contributed by atoms with van der Waals surface area (Å²) in [6.07, 6.45) is 3.25. The topological polar surface area (TPSA) is 12.0 Å². The van der Waals surface area contributed by atoms with E-state index in [-0.39, 0.29) is 0 Å². The van der Waals surface area contributed by atoms with Crippen LogP contribution in [0.4, 0.5) is 5.69 Å². The summed E-state index contributed by atoms with van der Waals surface area (Å²) in [6.45, 7) is 2.20. The molecule has 0 aromatic heterocycles. The molecule has 0 fully saturated rings. The van der Waals surface area contributed by atoms with Crippen molar-refractivity contribution in [2.75, 3.05) is 5.32 Å². The van der Waals surface area contributed by atoms with Crippen molar-refractivity contribution in [2.45, 2.75) is 32.2 Å². The number of anilines is 1. The van der Waals surface area contributed by atoms with Crippen LogP contribution >= 0.6 is 27.5 Å². The minimum atomic E-state index is 0.354. The van der Waals surface area contributed by atoms with Gasteiger partial charge in [0.1, 0.15) is 0 Å². The average molecular weight is 351 g/mol. The number of rotatable bonds is 2. The molecule has 20 heavy (non-hydrogen) atoms. The highest BCUT2D eigenvalue weighted by Gasteiger charge is 2.21. The Labute approximate surface area is 133 Å². The SMILES string of the molecule is CCc1cc(Br)cc2c1NC(c1cccc(Cl)c1)CC2. The van der Waals surface area contributed by atoms with Crippen molar-refractivity contribution in [3.8, 4) is 0 Å². The molecule has 1 nitrogen and oxygen atoms in total. The summed E-state index contributed by atoms with van der Waals surface area (Å²) in [7, 11) is 0. The van der Waals surface area contributed by atoms with Crippen molar-refractivity contribution in [1.82, 2.24) is 0 Å². The zero-order chi connectivity index (χ0) is 14.1. The van der Waals surface area contributed by atoms with Gasteiger partial charge in [0.05, 0.1) is 6.04 Å². The second-order valence-corrected chi connectivity index (χ2v) is 6.60. The number of benzene rings is 2. The van der Waals surface area contributed by atoms with E-state index >= 15 is 0 Å². The predicted octanol–water partition coefficient (Wildman–Crippen LogP) is 5.76. The van der Waals surface area contributed by atoms with Gasteiger partial charge in [-0.1, -0.05) is 46.6 Å². The highest BCUT2D eigenvalue weighted by molar-refractivity contribution is 9.10. The summed E-state index contributed by atoms with van der Waals surface area (Å²) in [6, 6.07) is 13.0. The second-order valence-electron chi connectivity index (χ2n) is 5.24. The lowest BCUT2D eigenvalue weighted by Gasteiger charge is -2.29. The van der Waals surface area contributed by atoms with Gasteiger partial charge >= 0.3 is 0 Å². The molecule has 2 aromatic carbocycles. The summed E-state index contributed by atoms with van der Waals surface area (Å²) in [5, 5.41) is 4.51. The molecule has 0 radical (unpaired) electrons. The molecule has 0 spiro atoms. The molecular weight excluding hydrogens is 334 g/mol. The number of fused-ring (bicyclic) bond motifs is 1. The highest BCUT2D eigenvalue weighted by Crippen LogP contribution is 2.37. The molecule has 0 saturated heterocycles. The minimum absolute atomic E-state index is 0.354. The fraction of sp³-hybridized carbons (Fsp3) is 0.294. The van der Waals surface area contributed by atoms with Gasteiger partial charge in [0, 0.05) is 15.2 Å². The average Bonchev–Trinajstić information content (AvgIpc) is 2.46. The Bertz CT molecular complexity index is 622. The van der Waals surface area contributed by atoms with Gasteiger partial charge in [-0.25, -0.2) is 0 Å². The predicted molar refractivity (Wildman–Crippen MR) is 89.7 cm³/mol. The van der Waals surface area contributed by atoms with Crippen LogP contribution in [0.5, 0.6) is 0 Å². The largest absolute Gasteiger partial charge is 0.378 e. The van der Waals surface area contributed by atoms with E-state index in [0.717, 1.165) is 24.3 Å². The van der Waals surface area contributed by atoms with Crippen molar-refractivity contribution in [3.63, 3.8) is 0 Å². The Morgan fingerprint density at radius 1 is 1.30 bits per heavy atom. The first kappa shape index (κ1) is 14.0. The van der Waals surface area contributed by atoms with Crippen LogP contribution in [0.1, 0.15) is 36.1 Å². The standard InChI is InChI=1S/C17H17BrClN/c1-2-11-8-14(18)9-13-6-7-16(20-17(11)13)12-4-3-5-15(19)10-12/h3-5,8-10,16,20H,2,6-7H2,1H3. The van der Waals surface area contributed by atoms with Gasteiger partial charge in [-0.2, -0.15) is 0 Å². The first-order valence-electron chi connectivity index (χ1n) is 7.00. The van der Waals surface area contributed by atoms with E-state index in [1.165, 1.54) is 26.9 Å². The van der Waals surface area contributed by atoms with Gasteiger partial charge in [-0.05, 0) is 60.2 Å². The molecule has 0 saturated carbocycles. The maximum atomic E-state index is 6.11. The Hall–Kier alpha value is -0.990. The van der Waals surface area contributed by atoms with E-state index in [1.54, 1.807) is 0 Å².